The number of nitrogens with zero attached hydrogens (tertiary/aromatic N) is 5. The lowest BCUT2D eigenvalue weighted by Gasteiger charge is -2.22. The Morgan fingerprint density at radius 3 is 2.69 bits per heavy atom. The summed E-state index contributed by atoms with van der Waals surface area (Å²) in [5, 5.41) is 9.21. The number of anilines is 1. The average molecular weight is 491 g/mol. The highest BCUT2D eigenvalue weighted by Gasteiger charge is 2.29. The summed E-state index contributed by atoms with van der Waals surface area (Å²) in [5.74, 6) is 1.37. The van der Waals surface area contributed by atoms with Gasteiger partial charge in [-0.05, 0) is 57.7 Å². The lowest BCUT2D eigenvalue weighted by Crippen LogP contribution is -2.14. The summed E-state index contributed by atoms with van der Waals surface area (Å²) in [6.45, 7) is 6.67. The fourth-order valence-corrected chi connectivity index (χ4v) is 5.02. The number of fused-ring (bicyclic) bond motifs is 7. The molecule has 7 nitrogen and oxygen atoms in total. The number of ether oxygens (including phenoxy) is 1. The van der Waals surface area contributed by atoms with E-state index >= 15 is 0 Å². The van der Waals surface area contributed by atoms with Gasteiger partial charge in [-0.1, -0.05) is 17.7 Å². The Kier molecular flexibility index (Phi) is 5.31. The summed E-state index contributed by atoms with van der Waals surface area (Å²) in [4.78, 5) is 4.45. The number of aromatic nitrogens is 5. The van der Waals surface area contributed by atoms with Gasteiger partial charge in [0.2, 0.25) is 0 Å². The number of aryl methyl sites for hydroxylation is 2. The van der Waals surface area contributed by atoms with Crippen LogP contribution in [0.5, 0.6) is 5.75 Å². The van der Waals surface area contributed by atoms with Gasteiger partial charge in [0.1, 0.15) is 11.8 Å². The van der Waals surface area contributed by atoms with Crippen molar-refractivity contribution in [2.75, 3.05) is 5.73 Å². The molecular formula is C27H28F2N6O. The first-order valence-corrected chi connectivity index (χ1v) is 12.2. The second kappa shape index (κ2) is 8.43. The molecule has 4 aromatic rings. The Morgan fingerprint density at radius 1 is 1.14 bits per heavy atom. The number of nitrogen functional groups attached to an aromatic ring is 1. The molecule has 2 aliphatic rings. The van der Waals surface area contributed by atoms with Crippen molar-refractivity contribution < 1.29 is 13.5 Å². The zero-order valence-electron chi connectivity index (χ0n) is 20.5. The maximum atomic E-state index is 13.8. The molecule has 1 atom stereocenters. The van der Waals surface area contributed by atoms with E-state index in [9.17, 15) is 8.78 Å². The van der Waals surface area contributed by atoms with Crippen LogP contribution in [-0.2, 0) is 13.0 Å². The summed E-state index contributed by atoms with van der Waals surface area (Å²) in [5.41, 5.74) is 12.8. The largest absolute Gasteiger partial charge is 0.482 e. The van der Waals surface area contributed by atoms with Gasteiger partial charge in [0.15, 0.2) is 11.6 Å². The molecule has 2 bridgehead atoms. The van der Waals surface area contributed by atoms with E-state index < -0.39 is 12.5 Å². The van der Waals surface area contributed by atoms with E-state index in [-0.39, 0.29) is 5.69 Å². The fraction of sp³-hybridized carbons (Fsp3) is 0.370. The molecule has 4 heterocycles. The van der Waals surface area contributed by atoms with E-state index in [2.05, 4.69) is 10.1 Å². The lowest BCUT2D eigenvalue weighted by atomic mass is 10.0. The van der Waals surface area contributed by atoms with Crippen LogP contribution in [0.25, 0.3) is 16.9 Å². The molecule has 1 aliphatic heterocycles. The van der Waals surface area contributed by atoms with Crippen LogP contribution in [0, 0.1) is 19.8 Å². The third kappa shape index (κ3) is 3.92. The molecule has 186 valence electrons. The number of benzene rings is 1. The number of hydrogen-bond donors (Lipinski definition) is 1. The molecular weight excluding hydrogens is 462 g/mol. The van der Waals surface area contributed by atoms with E-state index in [1.54, 1.807) is 10.9 Å². The van der Waals surface area contributed by atoms with Crippen LogP contribution in [0.4, 0.5) is 14.6 Å². The summed E-state index contributed by atoms with van der Waals surface area (Å²) in [7, 11) is 0. The molecule has 0 amide bonds. The van der Waals surface area contributed by atoms with Crippen molar-refractivity contribution in [1.29, 1.82) is 0 Å². The van der Waals surface area contributed by atoms with Crippen LogP contribution >= 0.6 is 0 Å². The van der Waals surface area contributed by atoms with Crippen molar-refractivity contribution in [3.05, 3.63) is 70.3 Å². The number of nitrogens with two attached hydrogens (primary N) is 1. The van der Waals surface area contributed by atoms with Gasteiger partial charge in [-0.3, -0.25) is 4.68 Å². The normalized spacial score (nSPS) is 17.0. The van der Waals surface area contributed by atoms with Gasteiger partial charge < -0.3 is 10.5 Å². The first-order valence-electron chi connectivity index (χ1n) is 12.2. The molecule has 0 saturated heterocycles. The predicted molar refractivity (Wildman–Crippen MR) is 132 cm³/mol. The second-order valence-corrected chi connectivity index (χ2v) is 9.92. The van der Waals surface area contributed by atoms with Crippen LogP contribution < -0.4 is 10.5 Å². The van der Waals surface area contributed by atoms with Gasteiger partial charge in [0.05, 0.1) is 17.1 Å². The molecule has 1 aliphatic carbocycles. The van der Waals surface area contributed by atoms with Crippen molar-refractivity contribution in [1.82, 2.24) is 24.5 Å². The Balaban J connectivity index is 1.63. The van der Waals surface area contributed by atoms with Gasteiger partial charge in [-0.25, -0.2) is 18.4 Å². The van der Waals surface area contributed by atoms with Crippen LogP contribution in [0.3, 0.4) is 0 Å². The van der Waals surface area contributed by atoms with Gasteiger partial charge in [-0.2, -0.15) is 10.2 Å². The number of alkyl halides is 2. The van der Waals surface area contributed by atoms with Gasteiger partial charge >= 0.3 is 0 Å². The second-order valence-electron chi connectivity index (χ2n) is 9.92. The molecule has 36 heavy (non-hydrogen) atoms. The highest BCUT2D eigenvalue weighted by atomic mass is 19.3. The van der Waals surface area contributed by atoms with E-state index in [0.29, 0.717) is 35.3 Å². The van der Waals surface area contributed by atoms with E-state index in [4.69, 9.17) is 15.6 Å². The SMILES string of the molecule is Cc1ccc2c(c1)C(C)Oc1cc(cnc1N)-c1c(c(C)nn1CC1CC1)Cc1cc(C(F)F)nn1-2. The van der Waals surface area contributed by atoms with Crippen LogP contribution in [-0.4, -0.2) is 24.5 Å². The number of hydrogen-bond acceptors (Lipinski definition) is 5. The summed E-state index contributed by atoms with van der Waals surface area (Å²) in [6.07, 6.45) is 1.39. The topological polar surface area (TPSA) is 83.8 Å². The molecule has 1 aromatic carbocycles. The quantitative estimate of drug-likeness (QED) is 0.397. The first-order chi connectivity index (χ1) is 17.3. The van der Waals surface area contributed by atoms with Gasteiger partial charge in [0.25, 0.3) is 6.43 Å². The molecule has 2 N–H and O–H groups in total. The number of rotatable bonds is 3. The van der Waals surface area contributed by atoms with Crippen molar-refractivity contribution in [2.45, 2.75) is 59.1 Å². The fourth-order valence-electron chi connectivity index (χ4n) is 5.02. The van der Waals surface area contributed by atoms with E-state index in [1.165, 1.54) is 18.9 Å². The van der Waals surface area contributed by atoms with E-state index in [1.807, 2.05) is 49.7 Å². The van der Waals surface area contributed by atoms with Gasteiger partial charge in [-0.15, -0.1) is 0 Å². The third-order valence-corrected chi connectivity index (χ3v) is 7.07. The predicted octanol–water partition coefficient (Wildman–Crippen LogP) is 5.72. The minimum Gasteiger partial charge on any atom is -0.482 e. The summed E-state index contributed by atoms with van der Waals surface area (Å²) >= 11 is 0. The summed E-state index contributed by atoms with van der Waals surface area (Å²) in [6, 6.07) is 9.27. The Labute approximate surface area is 207 Å². The molecule has 0 spiro atoms. The minimum atomic E-state index is -2.68. The molecule has 9 heteroatoms. The summed E-state index contributed by atoms with van der Waals surface area (Å²) < 4.78 is 37.7. The maximum absolute atomic E-state index is 13.8. The highest BCUT2D eigenvalue weighted by molar-refractivity contribution is 5.69. The van der Waals surface area contributed by atoms with Crippen molar-refractivity contribution in [2.24, 2.45) is 5.92 Å². The molecule has 1 unspecified atom stereocenters. The molecule has 3 aromatic heterocycles. The Hall–Kier alpha value is -3.75. The number of halogens is 2. The minimum absolute atomic E-state index is 0.254. The molecule has 1 fully saturated rings. The van der Waals surface area contributed by atoms with Crippen LogP contribution in [0.1, 0.15) is 66.1 Å². The van der Waals surface area contributed by atoms with Crippen molar-refractivity contribution in [3.63, 3.8) is 0 Å². The Morgan fingerprint density at radius 2 is 1.94 bits per heavy atom. The monoisotopic (exact) mass is 490 g/mol. The first kappa shape index (κ1) is 22.7. The van der Waals surface area contributed by atoms with Crippen molar-refractivity contribution in [3.8, 4) is 22.7 Å². The maximum Gasteiger partial charge on any atom is 0.282 e. The zero-order valence-corrected chi connectivity index (χ0v) is 20.5. The van der Waals surface area contributed by atoms with Gasteiger partial charge in [0, 0.05) is 41.5 Å². The van der Waals surface area contributed by atoms with Crippen molar-refractivity contribution >= 4 is 5.82 Å². The Bertz CT molecular complexity index is 1470. The van der Waals surface area contributed by atoms with E-state index in [0.717, 1.165) is 40.2 Å². The number of pyridine rings is 1. The average Bonchev–Trinajstić information content (AvgIpc) is 3.47. The highest BCUT2D eigenvalue weighted by Crippen LogP contribution is 2.39. The standard InChI is InChI=1S/C27H28F2N6O/c1-14-4-7-23-21(8-14)16(3)36-24-9-18(12-31-27(24)30)25-20(15(2)32-34(25)13-17-5-6-17)10-19-11-22(26(28)29)33-35(19)23/h4,7-9,11-12,16-17,26H,5-6,10,13H2,1-3H3,(H2,30,31). The molecule has 6 rings (SSSR count). The third-order valence-electron chi connectivity index (χ3n) is 7.07. The van der Waals surface area contributed by atoms with Crippen LogP contribution in [0.15, 0.2) is 36.5 Å². The lowest BCUT2D eigenvalue weighted by molar-refractivity contribution is 0.145. The van der Waals surface area contributed by atoms with Crippen LogP contribution in [0.2, 0.25) is 0 Å². The zero-order chi connectivity index (χ0) is 25.1. The molecule has 1 saturated carbocycles. The molecule has 0 radical (unpaired) electrons. The smallest absolute Gasteiger partial charge is 0.282 e.